The number of benzene rings is 1. The molecule has 27 heavy (non-hydrogen) atoms. The minimum Gasteiger partial charge on any atom is -0.445 e. The average Bonchev–Trinajstić information content (AvgIpc) is 2.99. The Balaban J connectivity index is 2.14. The summed E-state index contributed by atoms with van der Waals surface area (Å²) in [6.45, 7) is 12.4. The predicted molar refractivity (Wildman–Crippen MR) is 116 cm³/mol. The van der Waals surface area contributed by atoms with Gasteiger partial charge in [-0.1, -0.05) is 62.9 Å². The van der Waals surface area contributed by atoms with Crippen LogP contribution in [-0.4, -0.2) is 23.2 Å². The first kappa shape index (κ1) is 21.7. The number of carbonyl (C=O) groups is 1. The van der Waals surface area contributed by atoms with Crippen molar-refractivity contribution in [1.29, 1.82) is 0 Å². The topological polar surface area (TPSA) is 52.3 Å². The second-order valence-electron chi connectivity index (χ2n) is 8.36. The first-order valence-corrected chi connectivity index (χ1v) is 13.3. The van der Waals surface area contributed by atoms with Crippen molar-refractivity contribution in [3.05, 3.63) is 53.7 Å². The summed E-state index contributed by atoms with van der Waals surface area (Å²) in [5, 5.41) is 0.107. The van der Waals surface area contributed by atoms with Crippen LogP contribution < -0.4 is 0 Å². The Morgan fingerprint density at radius 3 is 2.48 bits per heavy atom. The van der Waals surface area contributed by atoms with Crippen molar-refractivity contribution in [3.63, 3.8) is 0 Å². The van der Waals surface area contributed by atoms with Gasteiger partial charge in [0.25, 0.3) is 0 Å². The lowest BCUT2D eigenvalue weighted by Crippen LogP contribution is -2.29. The lowest BCUT2D eigenvalue weighted by atomic mass is 10.2. The van der Waals surface area contributed by atoms with E-state index in [1.807, 2.05) is 63.3 Å². The van der Waals surface area contributed by atoms with Crippen LogP contribution in [0.3, 0.4) is 0 Å². The molecular weight excluding hydrogens is 374 g/mol. The molecule has 0 bridgehead atoms. The maximum absolute atomic E-state index is 12.5. The maximum Gasteiger partial charge on any atom is 0.218 e. The second-order valence-corrected chi connectivity index (χ2v) is 14.7. The van der Waals surface area contributed by atoms with E-state index in [4.69, 9.17) is 8.84 Å². The third-order valence-corrected chi connectivity index (χ3v) is 5.35. The molecule has 1 aromatic carbocycles. The van der Waals surface area contributed by atoms with Gasteiger partial charge < -0.3 is 8.84 Å². The number of hydrogen-bond donors (Lipinski definition) is 0. The highest BCUT2D eigenvalue weighted by molar-refractivity contribution is 8.14. The molecule has 1 aromatic heterocycles. The Labute approximate surface area is 167 Å². The normalized spacial score (nSPS) is 13.9. The van der Waals surface area contributed by atoms with Crippen LogP contribution >= 0.6 is 11.8 Å². The van der Waals surface area contributed by atoms with E-state index in [1.165, 1.54) is 11.8 Å². The molecule has 0 N–H and O–H groups in total. The number of thioether (sulfide) groups is 1. The fourth-order valence-electron chi connectivity index (χ4n) is 2.42. The Hall–Kier alpha value is -1.63. The third-order valence-electron chi connectivity index (χ3n) is 3.36. The van der Waals surface area contributed by atoms with E-state index in [1.54, 1.807) is 6.26 Å². The number of nitrogens with zero attached hydrogens (tertiary/aromatic N) is 1. The molecular formula is C21H29NO3SSi. The summed E-state index contributed by atoms with van der Waals surface area (Å²) < 4.78 is 11.7. The van der Waals surface area contributed by atoms with Crippen LogP contribution in [0.1, 0.15) is 50.4 Å². The van der Waals surface area contributed by atoms with Crippen LogP contribution in [0.25, 0.3) is 12.2 Å². The summed E-state index contributed by atoms with van der Waals surface area (Å²) in [5.74, 6) is 0.508. The van der Waals surface area contributed by atoms with Crippen molar-refractivity contribution in [1.82, 2.24) is 4.98 Å². The summed E-state index contributed by atoms with van der Waals surface area (Å²) in [7, 11) is -1.85. The zero-order valence-corrected chi connectivity index (χ0v) is 18.8. The summed E-state index contributed by atoms with van der Waals surface area (Å²) >= 11 is 1.34. The van der Waals surface area contributed by atoms with Crippen molar-refractivity contribution in [2.45, 2.75) is 57.7 Å². The number of aromatic nitrogens is 1. The Morgan fingerprint density at radius 1 is 1.22 bits per heavy atom. The molecule has 0 aliphatic carbocycles. The van der Waals surface area contributed by atoms with Gasteiger partial charge >= 0.3 is 0 Å². The number of oxazole rings is 1. The van der Waals surface area contributed by atoms with E-state index in [-0.39, 0.29) is 16.0 Å². The van der Waals surface area contributed by atoms with Gasteiger partial charge in [-0.15, -0.1) is 0 Å². The molecule has 146 valence electrons. The molecule has 2 rings (SSSR count). The first-order chi connectivity index (χ1) is 12.5. The van der Waals surface area contributed by atoms with E-state index in [9.17, 15) is 4.79 Å². The van der Waals surface area contributed by atoms with E-state index in [2.05, 4.69) is 24.6 Å². The van der Waals surface area contributed by atoms with Gasteiger partial charge in [-0.3, -0.25) is 4.79 Å². The largest absolute Gasteiger partial charge is 0.445 e. The van der Waals surface area contributed by atoms with Crippen LogP contribution in [0.15, 0.2) is 41.0 Å². The van der Waals surface area contributed by atoms with Crippen LogP contribution in [0, 0.1) is 0 Å². The summed E-state index contributed by atoms with van der Waals surface area (Å²) in [5.41, 5.74) is 1.75. The standard InChI is InChI=1S/C21H29NO3SSi/c1-21(2,3)26-20(23)14-18(25-27(4,5)6)17-15-24-19(22-17)13-12-16-10-8-7-9-11-16/h7-13,15,18H,14H2,1-6H3/b13-12+/t18-/m1/s1. The fourth-order valence-corrected chi connectivity index (χ4v) is 4.40. The van der Waals surface area contributed by atoms with Crippen LogP contribution in [0.2, 0.25) is 19.6 Å². The van der Waals surface area contributed by atoms with Crippen LogP contribution in [-0.2, 0) is 9.22 Å². The molecule has 0 unspecified atom stereocenters. The number of carbonyl (C=O) groups excluding carboxylic acids is 1. The summed E-state index contributed by atoms with van der Waals surface area (Å²) in [4.78, 5) is 17.0. The molecule has 4 nitrogen and oxygen atoms in total. The summed E-state index contributed by atoms with van der Waals surface area (Å²) in [6.07, 6.45) is 5.30. The van der Waals surface area contributed by atoms with Gasteiger partial charge in [-0.05, 0) is 31.3 Å². The molecule has 0 saturated heterocycles. The fraction of sp³-hybridized carbons (Fsp3) is 0.429. The number of rotatable bonds is 7. The van der Waals surface area contributed by atoms with E-state index >= 15 is 0 Å². The zero-order chi connectivity index (χ0) is 20.1. The Bertz CT molecular complexity index is 773. The smallest absolute Gasteiger partial charge is 0.218 e. The Kier molecular flexibility index (Phi) is 7.25. The molecule has 1 atom stereocenters. The van der Waals surface area contributed by atoms with Crippen molar-refractivity contribution in [2.75, 3.05) is 0 Å². The molecule has 0 radical (unpaired) electrons. The van der Waals surface area contributed by atoms with Gasteiger partial charge in [0.05, 0.1) is 6.10 Å². The number of hydrogen-bond acceptors (Lipinski definition) is 5. The van der Waals surface area contributed by atoms with Crippen LogP contribution in [0.5, 0.6) is 0 Å². The van der Waals surface area contributed by atoms with Crippen molar-refractivity contribution in [3.8, 4) is 0 Å². The van der Waals surface area contributed by atoms with E-state index in [0.29, 0.717) is 18.0 Å². The third kappa shape index (κ3) is 8.28. The first-order valence-electron chi connectivity index (χ1n) is 9.10. The highest BCUT2D eigenvalue weighted by atomic mass is 32.2. The monoisotopic (exact) mass is 403 g/mol. The van der Waals surface area contributed by atoms with Crippen LogP contribution in [0.4, 0.5) is 0 Å². The van der Waals surface area contributed by atoms with Crippen molar-refractivity contribution in [2.24, 2.45) is 0 Å². The van der Waals surface area contributed by atoms with Crippen molar-refractivity contribution >= 4 is 37.3 Å². The molecule has 0 amide bonds. The molecule has 2 aromatic rings. The highest BCUT2D eigenvalue weighted by Gasteiger charge is 2.28. The molecule has 0 aliphatic rings. The zero-order valence-electron chi connectivity index (χ0n) is 17.0. The van der Waals surface area contributed by atoms with Gasteiger partial charge in [0, 0.05) is 17.2 Å². The molecule has 6 heteroatoms. The van der Waals surface area contributed by atoms with Gasteiger partial charge in [-0.25, -0.2) is 4.98 Å². The van der Waals surface area contributed by atoms with Gasteiger partial charge in [0.1, 0.15) is 12.0 Å². The predicted octanol–water partition coefficient (Wildman–Crippen LogP) is 6.19. The van der Waals surface area contributed by atoms with Crippen molar-refractivity contribution < 1.29 is 13.6 Å². The van der Waals surface area contributed by atoms with E-state index in [0.717, 1.165) is 5.56 Å². The molecule has 0 aliphatic heterocycles. The minimum atomic E-state index is -1.85. The quantitative estimate of drug-likeness (QED) is 0.516. The molecule has 0 saturated carbocycles. The highest BCUT2D eigenvalue weighted by Crippen LogP contribution is 2.32. The second kappa shape index (κ2) is 9.04. The van der Waals surface area contributed by atoms with Gasteiger partial charge in [-0.2, -0.15) is 0 Å². The van der Waals surface area contributed by atoms with E-state index < -0.39 is 8.32 Å². The Morgan fingerprint density at radius 2 is 1.89 bits per heavy atom. The minimum absolute atomic E-state index is 0.107. The lowest BCUT2D eigenvalue weighted by Gasteiger charge is -2.25. The average molecular weight is 404 g/mol. The lowest BCUT2D eigenvalue weighted by molar-refractivity contribution is -0.112. The summed E-state index contributed by atoms with van der Waals surface area (Å²) in [6, 6.07) is 9.97. The maximum atomic E-state index is 12.5. The molecule has 0 spiro atoms. The van der Waals surface area contributed by atoms with Gasteiger partial charge in [0.2, 0.25) is 5.89 Å². The molecule has 1 heterocycles. The van der Waals surface area contributed by atoms with Gasteiger partial charge in [0.15, 0.2) is 13.4 Å². The molecule has 0 fully saturated rings. The SMILES string of the molecule is CC(C)(C)SC(=O)C[C@@H](O[Si](C)(C)C)c1coc(/C=C/c2ccccc2)n1.